The number of aromatic amines is 1. The Morgan fingerprint density at radius 3 is 2.95 bits per heavy atom. The molecule has 0 aliphatic carbocycles. The first-order valence-corrected chi connectivity index (χ1v) is 6.12. The Balaban J connectivity index is 1.87. The summed E-state index contributed by atoms with van der Waals surface area (Å²) >= 11 is 5.89. The summed E-state index contributed by atoms with van der Waals surface area (Å²) in [6.07, 6.45) is 6.28. The van der Waals surface area contributed by atoms with Gasteiger partial charge < -0.3 is 10.3 Å². The fourth-order valence-corrected chi connectivity index (χ4v) is 1.75. The van der Waals surface area contributed by atoms with E-state index in [1.807, 2.05) is 6.92 Å². The van der Waals surface area contributed by atoms with E-state index in [1.165, 1.54) is 17.3 Å². The van der Waals surface area contributed by atoms with Crippen LogP contribution in [0.25, 0.3) is 5.95 Å². The van der Waals surface area contributed by atoms with Crippen molar-refractivity contribution in [1.29, 1.82) is 0 Å². The van der Waals surface area contributed by atoms with Crippen LogP contribution in [0.15, 0.2) is 25.0 Å². The fraction of sp³-hybridized carbons (Fsp3) is 0.200. The second-order valence-electron chi connectivity index (χ2n) is 3.91. The molecule has 3 heterocycles. The predicted octanol–water partition coefficient (Wildman–Crippen LogP) is 1.00. The molecule has 9 nitrogen and oxygen atoms in total. The molecule has 3 rings (SSSR count). The first-order valence-electron chi connectivity index (χ1n) is 5.75. The van der Waals surface area contributed by atoms with E-state index < -0.39 is 0 Å². The van der Waals surface area contributed by atoms with Gasteiger partial charge in [-0.3, -0.25) is 0 Å². The summed E-state index contributed by atoms with van der Waals surface area (Å²) in [5.74, 6) is 1.39. The van der Waals surface area contributed by atoms with Gasteiger partial charge in [0.2, 0.25) is 11.2 Å². The molecule has 3 aromatic heterocycles. The van der Waals surface area contributed by atoms with Gasteiger partial charge in [-0.2, -0.15) is 24.7 Å². The van der Waals surface area contributed by atoms with Crippen LogP contribution < -0.4 is 5.32 Å². The van der Waals surface area contributed by atoms with Crippen LogP contribution in [0.3, 0.4) is 0 Å². The number of hydrogen-bond acceptors (Lipinski definition) is 7. The lowest BCUT2D eigenvalue weighted by molar-refractivity contribution is 0.765. The molecule has 1 atom stereocenters. The number of rotatable bonds is 4. The minimum absolute atomic E-state index is 0.0691. The van der Waals surface area contributed by atoms with Crippen LogP contribution in [0.4, 0.5) is 5.95 Å². The maximum Gasteiger partial charge on any atom is 0.258 e. The molecule has 0 spiro atoms. The minimum Gasteiger partial charge on any atom is -0.347 e. The van der Waals surface area contributed by atoms with Crippen LogP contribution >= 0.6 is 11.6 Å². The van der Waals surface area contributed by atoms with Gasteiger partial charge in [0.1, 0.15) is 18.5 Å². The molecule has 0 aromatic carbocycles. The minimum atomic E-state index is -0.105. The monoisotopic (exact) mass is 291 g/mol. The second kappa shape index (κ2) is 5.21. The lowest BCUT2D eigenvalue weighted by Gasteiger charge is -2.11. The molecule has 0 saturated heterocycles. The smallest absolute Gasteiger partial charge is 0.258 e. The fourth-order valence-electron chi connectivity index (χ4n) is 1.59. The van der Waals surface area contributed by atoms with E-state index in [9.17, 15) is 0 Å². The van der Waals surface area contributed by atoms with Crippen molar-refractivity contribution in [3.8, 4) is 5.95 Å². The molecule has 0 amide bonds. The van der Waals surface area contributed by atoms with Crippen LogP contribution in [0.2, 0.25) is 5.28 Å². The average Bonchev–Trinajstić information content (AvgIpc) is 3.12. The van der Waals surface area contributed by atoms with Crippen molar-refractivity contribution < 1.29 is 0 Å². The largest absolute Gasteiger partial charge is 0.347 e. The average molecular weight is 292 g/mol. The van der Waals surface area contributed by atoms with Gasteiger partial charge in [0.05, 0.1) is 6.04 Å². The van der Waals surface area contributed by atoms with Gasteiger partial charge in [0, 0.05) is 12.4 Å². The van der Waals surface area contributed by atoms with Crippen LogP contribution in [-0.2, 0) is 0 Å². The van der Waals surface area contributed by atoms with Crippen molar-refractivity contribution >= 4 is 17.5 Å². The van der Waals surface area contributed by atoms with Crippen molar-refractivity contribution in [3.05, 3.63) is 36.2 Å². The Hall–Kier alpha value is -2.55. The highest BCUT2D eigenvalue weighted by atomic mass is 35.5. The maximum absolute atomic E-state index is 5.89. The molecule has 3 aromatic rings. The van der Waals surface area contributed by atoms with Gasteiger partial charge in [-0.15, -0.1) is 0 Å². The number of nitrogens with zero attached hydrogens (tertiary/aromatic N) is 7. The summed E-state index contributed by atoms with van der Waals surface area (Å²) < 4.78 is 1.40. The van der Waals surface area contributed by atoms with E-state index in [-0.39, 0.29) is 17.3 Å². The third-order valence-electron chi connectivity index (χ3n) is 2.50. The van der Waals surface area contributed by atoms with E-state index >= 15 is 0 Å². The number of aromatic nitrogens is 8. The van der Waals surface area contributed by atoms with Gasteiger partial charge >= 0.3 is 0 Å². The number of anilines is 1. The molecule has 0 fully saturated rings. The van der Waals surface area contributed by atoms with E-state index in [1.54, 1.807) is 12.4 Å². The van der Waals surface area contributed by atoms with Crippen LogP contribution in [-0.4, -0.2) is 39.7 Å². The molecule has 102 valence electrons. The summed E-state index contributed by atoms with van der Waals surface area (Å²) in [5.41, 5.74) is 0. The molecule has 0 saturated carbocycles. The molecule has 0 aliphatic rings. The Bertz CT molecular complexity index is 679. The van der Waals surface area contributed by atoms with Crippen LogP contribution in [0, 0.1) is 0 Å². The zero-order chi connectivity index (χ0) is 13.9. The normalized spacial score (nSPS) is 12.3. The summed E-state index contributed by atoms with van der Waals surface area (Å²) in [4.78, 5) is 23.2. The number of nitrogens with one attached hydrogen (secondary N) is 2. The van der Waals surface area contributed by atoms with Crippen LogP contribution in [0.5, 0.6) is 0 Å². The summed E-state index contributed by atoms with van der Waals surface area (Å²) in [5, 5.41) is 7.10. The summed E-state index contributed by atoms with van der Waals surface area (Å²) in [7, 11) is 0. The highest BCUT2D eigenvalue weighted by Gasteiger charge is 2.12. The highest BCUT2D eigenvalue weighted by molar-refractivity contribution is 6.28. The molecule has 10 heteroatoms. The Kier molecular flexibility index (Phi) is 3.25. The Morgan fingerprint density at radius 1 is 1.35 bits per heavy atom. The zero-order valence-electron chi connectivity index (χ0n) is 10.4. The van der Waals surface area contributed by atoms with E-state index in [0.717, 1.165) is 5.82 Å². The van der Waals surface area contributed by atoms with Crippen molar-refractivity contribution in [3.63, 3.8) is 0 Å². The molecule has 0 radical (unpaired) electrons. The molecular formula is C10H10ClN9. The number of hydrogen-bond donors (Lipinski definition) is 2. The SMILES string of the molecule is CC(Nc1nc(Cl)nc(-n2cncn2)n1)c1ncc[nH]1. The summed E-state index contributed by atoms with van der Waals surface area (Å²) in [6.45, 7) is 1.92. The number of H-pyrrole nitrogens is 1. The van der Waals surface area contributed by atoms with Gasteiger partial charge in [0.15, 0.2) is 0 Å². The quantitative estimate of drug-likeness (QED) is 0.738. The topological polar surface area (TPSA) is 110 Å². The first kappa shape index (κ1) is 12.5. The number of halogens is 1. The molecular weight excluding hydrogens is 282 g/mol. The third-order valence-corrected chi connectivity index (χ3v) is 2.66. The van der Waals surface area contributed by atoms with Gasteiger partial charge in [-0.1, -0.05) is 0 Å². The van der Waals surface area contributed by atoms with E-state index in [0.29, 0.717) is 5.95 Å². The molecule has 1 unspecified atom stereocenters. The zero-order valence-corrected chi connectivity index (χ0v) is 11.2. The van der Waals surface area contributed by atoms with Crippen molar-refractivity contribution in [2.75, 3.05) is 5.32 Å². The van der Waals surface area contributed by atoms with Gasteiger partial charge in [-0.25, -0.2) is 9.97 Å². The molecule has 0 aliphatic heterocycles. The third kappa shape index (κ3) is 2.57. The first-order chi connectivity index (χ1) is 9.72. The van der Waals surface area contributed by atoms with E-state index in [2.05, 4.69) is 40.3 Å². The Labute approximate surface area is 118 Å². The van der Waals surface area contributed by atoms with Gasteiger partial charge in [-0.05, 0) is 18.5 Å². The lowest BCUT2D eigenvalue weighted by atomic mass is 10.3. The van der Waals surface area contributed by atoms with E-state index in [4.69, 9.17) is 11.6 Å². The van der Waals surface area contributed by atoms with Gasteiger partial charge in [0.25, 0.3) is 5.95 Å². The number of imidazole rings is 1. The second-order valence-corrected chi connectivity index (χ2v) is 4.25. The molecule has 0 bridgehead atoms. The van der Waals surface area contributed by atoms with Crippen molar-refractivity contribution in [2.24, 2.45) is 0 Å². The highest BCUT2D eigenvalue weighted by Crippen LogP contribution is 2.15. The lowest BCUT2D eigenvalue weighted by Crippen LogP contribution is -2.13. The summed E-state index contributed by atoms with van der Waals surface area (Å²) in [6, 6.07) is -0.105. The van der Waals surface area contributed by atoms with Crippen molar-refractivity contribution in [2.45, 2.75) is 13.0 Å². The predicted molar refractivity (Wildman–Crippen MR) is 70.4 cm³/mol. The molecule has 2 N–H and O–H groups in total. The van der Waals surface area contributed by atoms with Crippen molar-refractivity contribution in [1.82, 2.24) is 39.7 Å². The maximum atomic E-state index is 5.89. The van der Waals surface area contributed by atoms with Crippen LogP contribution in [0.1, 0.15) is 18.8 Å². The molecule has 20 heavy (non-hydrogen) atoms. The standard InChI is InChI=1S/C10H10ClN9/c1-6(7-13-2-3-14-7)16-9-17-8(11)18-10(19-9)20-5-12-4-15-20/h2-6H,1H3,(H,13,14)(H,16,17,18,19). The Morgan fingerprint density at radius 2 is 2.25 bits per heavy atom.